The third-order valence-corrected chi connectivity index (χ3v) is 6.10. The zero-order valence-corrected chi connectivity index (χ0v) is 18.0. The lowest BCUT2D eigenvalue weighted by Crippen LogP contribution is -2.29. The molecule has 1 saturated carbocycles. The average Bonchev–Trinajstić information content (AvgIpc) is 3.33. The highest BCUT2D eigenvalue weighted by Crippen LogP contribution is 2.44. The standard InChI is InChI=1S/C24H26N6O2/c1-24(7-8-24)14-29-22(31)16-4-2-3-15(11-16)12-27-21-17-6-10-32-20(17)18(13-28-21)19-5-9-26-23(25)30-19/h2-5,9,11,13H,6-8,10,12,14H2,1H3,(H,27,28)(H,29,31)(H2,25,26,30). The number of aromatic nitrogens is 3. The number of rotatable bonds is 7. The zero-order valence-electron chi connectivity index (χ0n) is 18.0. The summed E-state index contributed by atoms with van der Waals surface area (Å²) in [5.74, 6) is 1.74. The minimum Gasteiger partial charge on any atom is -0.492 e. The number of nitrogens with zero attached hydrogens (tertiary/aromatic N) is 3. The van der Waals surface area contributed by atoms with Crippen molar-refractivity contribution in [2.45, 2.75) is 32.7 Å². The molecule has 8 nitrogen and oxygen atoms in total. The van der Waals surface area contributed by atoms with E-state index >= 15 is 0 Å². The maximum absolute atomic E-state index is 12.5. The van der Waals surface area contributed by atoms with Gasteiger partial charge in [-0.3, -0.25) is 4.79 Å². The van der Waals surface area contributed by atoms with Crippen LogP contribution in [0.1, 0.15) is 41.3 Å². The Morgan fingerprint density at radius 3 is 2.94 bits per heavy atom. The van der Waals surface area contributed by atoms with Crippen LogP contribution in [-0.2, 0) is 13.0 Å². The lowest BCUT2D eigenvalue weighted by molar-refractivity contribution is 0.0946. The Hall–Kier alpha value is -3.68. The van der Waals surface area contributed by atoms with Crippen molar-refractivity contribution < 1.29 is 9.53 Å². The predicted octanol–water partition coefficient (Wildman–Crippen LogP) is 3.20. The Labute approximate surface area is 186 Å². The van der Waals surface area contributed by atoms with Gasteiger partial charge in [-0.2, -0.15) is 0 Å². The van der Waals surface area contributed by atoms with E-state index in [1.54, 1.807) is 18.5 Å². The van der Waals surface area contributed by atoms with Crippen LogP contribution in [0.5, 0.6) is 5.75 Å². The van der Waals surface area contributed by atoms with E-state index in [1.807, 2.05) is 24.3 Å². The first-order valence-corrected chi connectivity index (χ1v) is 10.9. The summed E-state index contributed by atoms with van der Waals surface area (Å²) in [7, 11) is 0. The van der Waals surface area contributed by atoms with Gasteiger partial charge in [-0.05, 0) is 42.0 Å². The van der Waals surface area contributed by atoms with E-state index in [4.69, 9.17) is 10.5 Å². The second-order valence-electron chi connectivity index (χ2n) is 8.77. The summed E-state index contributed by atoms with van der Waals surface area (Å²) < 4.78 is 5.89. The molecule has 2 aliphatic rings. The summed E-state index contributed by atoms with van der Waals surface area (Å²) in [6.07, 6.45) is 6.50. The molecule has 0 radical (unpaired) electrons. The fraction of sp³-hybridized carbons (Fsp3) is 0.333. The Bertz CT molecular complexity index is 1170. The van der Waals surface area contributed by atoms with Crippen LogP contribution in [0, 0.1) is 5.41 Å². The van der Waals surface area contributed by atoms with Crippen LogP contribution in [0.3, 0.4) is 0 Å². The molecule has 3 aromatic rings. The van der Waals surface area contributed by atoms with Crippen molar-refractivity contribution in [3.63, 3.8) is 0 Å². The highest BCUT2D eigenvalue weighted by molar-refractivity contribution is 5.94. The predicted molar refractivity (Wildman–Crippen MR) is 122 cm³/mol. The van der Waals surface area contributed by atoms with Gasteiger partial charge in [0.2, 0.25) is 5.95 Å². The number of nitrogen functional groups attached to an aromatic ring is 1. The lowest BCUT2D eigenvalue weighted by atomic mass is 10.1. The molecule has 3 heterocycles. The van der Waals surface area contributed by atoms with Gasteiger partial charge < -0.3 is 21.1 Å². The van der Waals surface area contributed by atoms with Crippen LogP contribution in [0.15, 0.2) is 42.7 Å². The SMILES string of the molecule is CC1(CNC(=O)c2cccc(CNc3ncc(-c4ccnc(N)n4)c4c3CCO4)c2)CC1. The van der Waals surface area contributed by atoms with E-state index < -0.39 is 0 Å². The molecule has 8 heteroatoms. The molecule has 4 N–H and O–H groups in total. The van der Waals surface area contributed by atoms with Crippen LogP contribution in [0.25, 0.3) is 11.3 Å². The van der Waals surface area contributed by atoms with Crippen molar-refractivity contribution in [3.8, 4) is 17.0 Å². The molecule has 0 unspecified atom stereocenters. The number of carbonyl (C=O) groups excluding carboxylic acids is 1. The average molecular weight is 431 g/mol. The number of ether oxygens (including phenoxy) is 1. The summed E-state index contributed by atoms with van der Waals surface area (Å²) in [6, 6.07) is 9.48. The lowest BCUT2D eigenvalue weighted by Gasteiger charge is -2.13. The molecule has 1 amide bonds. The largest absolute Gasteiger partial charge is 0.492 e. The van der Waals surface area contributed by atoms with Gasteiger partial charge in [-0.25, -0.2) is 15.0 Å². The maximum Gasteiger partial charge on any atom is 0.251 e. The number of nitrogens with one attached hydrogen (secondary N) is 2. The number of benzene rings is 1. The van der Waals surface area contributed by atoms with E-state index in [-0.39, 0.29) is 17.3 Å². The Kier molecular flexibility index (Phi) is 5.13. The second kappa shape index (κ2) is 8.11. The fourth-order valence-corrected chi connectivity index (χ4v) is 3.84. The topological polar surface area (TPSA) is 115 Å². The monoisotopic (exact) mass is 430 g/mol. The van der Waals surface area contributed by atoms with Gasteiger partial charge in [-0.1, -0.05) is 19.1 Å². The van der Waals surface area contributed by atoms with Gasteiger partial charge in [0.1, 0.15) is 11.6 Å². The van der Waals surface area contributed by atoms with Gasteiger partial charge >= 0.3 is 0 Å². The number of anilines is 2. The number of hydrogen-bond acceptors (Lipinski definition) is 7. The quantitative estimate of drug-likeness (QED) is 0.527. The van der Waals surface area contributed by atoms with Crippen molar-refractivity contribution in [2.75, 3.05) is 24.2 Å². The third kappa shape index (κ3) is 4.21. The van der Waals surface area contributed by atoms with Crippen molar-refractivity contribution in [1.29, 1.82) is 0 Å². The number of pyridine rings is 1. The molecular weight excluding hydrogens is 404 g/mol. The normalized spacial score (nSPS) is 15.5. The highest BCUT2D eigenvalue weighted by Gasteiger charge is 2.37. The minimum absolute atomic E-state index is 0.0270. The smallest absolute Gasteiger partial charge is 0.251 e. The third-order valence-electron chi connectivity index (χ3n) is 6.10. The molecule has 1 aliphatic carbocycles. The Balaban J connectivity index is 1.30. The molecule has 164 valence electrons. The number of nitrogens with two attached hydrogens (primary N) is 1. The van der Waals surface area contributed by atoms with Crippen LogP contribution >= 0.6 is 0 Å². The number of hydrogen-bond donors (Lipinski definition) is 3. The van der Waals surface area contributed by atoms with E-state index in [0.717, 1.165) is 41.2 Å². The summed E-state index contributed by atoms with van der Waals surface area (Å²) in [5.41, 5.74) is 10.2. The molecular formula is C24H26N6O2. The summed E-state index contributed by atoms with van der Waals surface area (Å²) in [6.45, 7) is 4.08. The molecule has 32 heavy (non-hydrogen) atoms. The van der Waals surface area contributed by atoms with Crippen LogP contribution in [-0.4, -0.2) is 34.0 Å². The molecule has 0 bridgehead atoms. The number of carbonyl (C=O) groups is 1. The summed E-state index contributed by atoms with van der Waals surface area (Å²) in [4.78, 5) is 25.4. The Morgan fingerprint density at radius 1 is 1.25 bits per heavy atom. The van der Waals surface area contributed by atoms with Crippen LogP contribution in [0.2, 0.25) is 0 Å². The molecule has 1 fully saturated rings. The number of amides is 1. The van der Waals surface area contributed by atoms with Crippen molar-refractivity contribution in [3.05, 3.63) is 59.4 Å². The van der Waals surface area contributed by atoms with Crippen molar-refractivity contribution in [2.24, 2.45) is 5.41 Å². The number of fused-ring (bicyclic) bond motifs is 1. The first-order valence-electron chi connectivity index (χ1n) is 10.9. The fourth-order valence-electron chi connectivity index (χ4n) is 3.84. The first-order chi connectivity index (χ1) is 15.5. The molecule has 5 rings (SSSR count). The van der Waals surface area contributed by atoms with E-state index in [2.05, 4.69) is 32.5 Å². The van der Waals surface area contributed by atoms with E-state index in [1.165, 1.54) is 12.8 Å². The van der Waals surface area contributed by atoms with Gasteiger partial charge in [-0.15, -0.1) is 0 Å². The van der Waals surface area contributed by atoms with E-state index in [9.17, 15) is 4.79 Å². The second-order valence-corrected chi connectivity index (χ2v) is 8.77. The summed E-state index contributed by atoms with van der Waals surface area (Å²) >= 11 is 0. The maximum atomic E-state index is 12.5. The van der Waals surface area contributed by atoms with Crippen molar-refractivity contribution in [1.82, 2.24) is 20.3 Å². The van der Waals surface area contributed by atoms with Gasteiger partial charge in [0.25, 0.3) is 5.91 Å². The minimum atomic E-state index is -0.0270. The molecule has 1 aliphatic heterocycles. The Morgan fingerprint density at radius 2 is 2.12 bits per heavy atom. The van der Waals surface area contributed by atoms with Gasteiger partial charge in [0.05, 0.1) is 17.9 Å². The molecule has 2 aromatic heterocycles. The molecule has 0 atom stereocenters. The van der Waals surface area contributed by atoms with Crippen molar-refractivity contribution >= 4 is 17.7 Å². The van der Waals surface area contributed by atoms with Gasteiger partial charge in [0.15, 0.2) is 0 Å². The summed E-state index contributed by atoms with van der Waals surface area (Å²) in [5, 5.41) is 6.46. The molecule has 1 aromatic carbocycles. The van der Waals surface area contributed by atoms with Gasteiger partial charge in [0, 0.05) is 43.0 Å². The zero-order chi connectivity index (χ0) is 22.1. The van der Waals surface area contributed by atoms with Crippen LogP contribution < -0.4 is 21.1 Å². The highest BCUT2D eigenvalue weighted by atomic mass is 16.5. The molecule has 0 saturated heterocycles. The van der Waals surface area contributed by atoms with E-state index in [0.29, 0.717) is 24.4 Å². The first kappa shape index (κ1) is 20.2. The van der Waals surface area contributed by atoms with Crippen LogP contribution in [0.4, 0.5) is 11.8 Å². The molecule has 0 spiro atoms.